The number of carbonyl (C=O) groups is 1. The van der Waals surface area contributed by atoms with Gasteiger partial charge in [-0.1, -0.05) is 0 Å². The van der Waals surface area contributed by atoms with Gasteiger partial charge < -0.3 is 0 Å². The molecule has 0 radical (unpaired) electrons. The van der Waals surface area contributed by atoms with Crippen molar-refractivity contribution in [1.82, 2.24) is 4.98 Å². The van der Waals surface area contributed by atoms with Crippen LogP contribution in [0.25, 0.3) is 0 Å². The van der Waals surface area contributed by atoms with Gasteiger partial charge in [-0.25, -0.2) is 8.78 Å². The summed E-state index contributed by atoms with van der Waals surface area (Å²) in [6.45, 7) is 0. The lowest BCUT2D eigenvalue weighted by Gasteiger charge is -2.01. The fourth-order valence-electron chi connectivity index (χ4n) is 0.725. The average Bonchev–Trinajstić information content (AvgIpc) is 2.04. The lowest BCUT2D eigenvalue weighted by molar-refractivity contribution is 0.107. The number of hydrogen-bond acceptors (Lipinski definition) is 2. The predicted molar refractivity (Wildman–Crippen MR) is 52.1 cm³/mol. The molecule has 1 heterocycles. The van der Waals surface area contributed by atoms with Gasteiger partial charge in [-0.15, -0.1) is 0 Å². The molecule has 0 bridgehead atoms. The van der Waals surface area contributed by atoms with Gasteiger partial charge in [0.2, 0.25) is 0 Å². The van der Waals surface area contributed by atoms with Crippen molar-refractivity contribution in [3.63, 3.8) is 0 Å². The zero-order chi connectivity index (χ0) is 10.0. The van der Waals surface area contributed by atoms with E-state index in [1.54, 1.807) is 22.6 Å². The summed E-state index contributed by atoms with van der Waals surface area (Å²) in [7, 11) is 0. The molecule has 0 atom stereocenters. The van der Waals surface area contributed by atoms with E-state index in [-0.39, 0.29) is 5.56 Å². The Morgan fingerprint density at radius 3 is 2.69 bits per heavy atom. The van der Waals surface area contributed by atoms with Crippen molar-refractivity contribution in [1.29, 1.82) is 0 Å². The largest absolute Gasteiger partial charge is 0.280 e. The molecule has 70 valence electrons. The molecule has 6 heteroatoms. The van der Waals surface area contributed by atoms with Crippen molar-refractivity contribution in [2.24, 2.45) is 0 Å². The number of hydrogen-bond donors (Lipinski definition) is 0. The van der Waals surface area contributed by atoms with Crippen LogP contribution in [-0.2, 0) is 0 Å². The highest BCUT2D eigenvalue weighted by Gasteiger charge is 2.14. The fraction of sp³-hybridized carbons (Fsp3) is 0.143. The van der Waals surface area contributed by atoms with E-state index in [1.165, 1.54) is 6.20 Å². The summed E-state index contributed by atoms with van der Waals surface area (Å²) < 4.78 is 24.7. The van der Waals surface area contributed by atoms with E-state index in [2.05, 4.69) is 4.98 Å². The van der Waals surface area contributed by atoms with Gasteiger partial charge in [0.05, 0.1) is 5.56 Å². The molecule has 0 amide bonds. The van der Waals surface area contributed by atoms with Crippen molar-refractivity contribution >= 4 is 39.4 Å². The van der Waals surface area contributed by atoms with Crippen LogP contribution in [-0.4, -0.2) is 10.2 Å². The first kappa shape index (κ1) is 10.8. The Bertz CT molecular complexity index is 345. The molecule has 1 rings (SSSR count). The van der Waals surface area contributed by atoms with Crippen molar-refractivity contribution in [3.05, 3.63) is 27.1 Å². The SMILES string of the molecule is O=C(Cl)c1cc(C(F)F)ncc1I. The zero-order valence-corrected chi connectivity index (χ0v) is 9.01. The van der Waals surface area contributed by atoms with E-state index in [9.17, 15) is 13.6 Å². The first-order chi connectivity index (χ1) is 6.02. The van der Waals surface area contributed by atoms with Crippen LogP contribution in [0.3, 0.4) is 0 Å². The Hall–Kier alpha value is -0.300. The van der Waals surface area contributed by atoms with Crippen LogP contribution in [0.1, 0.15) is 22.5 Å². The Morgan fingerprint density at radius 2 is 2.23 bits per heavy atom. The Labute approximate surface area is 91.4 Å². The zero-order valence-electron chi connectivity index (χ0n) is 6.10. The Kier molecular flexibility index (Phi) is 3.55. The van der Waals surface area contributed by atoms with Crippen LogP contribution in [0.2, 0.25) is 0 Å². The second-order valence-corrected chi connectivity index (χ2v) is 3.67. The lowest BCUT2D eigenvalue weighted by Crippen LogP contribution is -1.99. The summed E-state index contributed by atoms with van der Waals surface area (Å²) in [6, 6.07) is 1.00. The fourth-order valence-corrected chi connectivity index (χ4v) is 1.58. The van der Waals surface area contributed by atoms with Gasteiger partial charge >= 0.3 is 0 Å². The molecule has 0 aliphatic rings. The monoisotopic (exact) mass is 317 g/mol. The van der Waals surface area contributed by atoms with E-state index < -0.39 is 17.4 Å². The minimum atomic E-state index is -2.69. The highest BCUT2D eigenvalue weighted by Crippen LogP contribution is 2.21. The second kappa shape index (κ2) is 4.28. The molecular weight excluding hydrogens is 314 g/mol. The summed E-state index contributed by atoms with van der Waals surface area (Å²) in [5.41, 5.74) is -0.378. The molecule has 0 N–H and O–H groups in total. The summed E-state index contributed by atoms with van der Waals surface area (Å²) in [4.78, 5) is 14.2. The van der Waals surface area contributed by atoms with E-state index in [1.807, 2.05) is 0 Å². The van der Waals surface area contributed by atoms with Crippen molar-refractivity contribution in [2.75, 3.05) is 0 Å². The van der Waals surface area contributed by atoms with E-state index in [4.69, 9.17) is 11.6 Å². The maximum Gasteiger partial charge on any atom is 0.280 e. The predicted octanol–water partition coefficient (Wildman–Crippen LogP) is 3.00. The maximum absolute atomic E-state index is 12.1. The first-order valence-electron chi connectivity index (χ1n) is 3.16. The first-order valence-corrected chi connectivity index (χ1v) is 4.61. The minimum Gasteiger partial charge on any atom is -0.276 e. The number of halogens is 4. The third-order valence-electron chi connectivity index (χ3n) is 1.31. The van der Waals surface area contributed by atoms with Gasteiger partial charge in [0, 0.05) is 9.77 Å². The third-order valence-corrected chi connectivity index (χ3v) is 2.38. The summed E-state index contributed by atoms with van der Waals surface area (Å²) in [5, 5.41) is -0.756. The normalized spacial score (nSPS) is 10.5. The highest BCUT2D eigenvalue weighted by molar-refractivity contribution is 14.1. The average molecular weight is 317 g/mol. The molecule has 0 aromatic carbocycles. The molecule has 0 saturated heterocycles. The van der Waals surface area contributed by atoms with Gasteiger partial charge in [0.25, 0.3) is 11.7 Å². The molecule has 13 heavy (non-hydrogen) atoms. The van der Waals surface area contributed by atoms with Crippen LogP contribution in [0.4, 0.5) is 8.78 Å². The van der Waals surface area contributed by atoms with Crippen LogP contribution < -0.4 is 0 Å². The molecule has 1 aromatic heterocycles. The summed E-state index contributed by atoms with van der Waals surface area (Å²) >= 11 is 6.97. The number of rotatable bonds is 2. The van der Waals surface area contributed by atoms with Crippen LogP contribution >= 0.6 is 34.2 Å². The summed E-state index contributed by atoms with van der Waals surface area (Å²) in [5.74, 6) is 0. The van der Waals surface area contributed by atoms with Crippen molar-refractivity contribution < 1.29 is 13.6 Å². The van der Waals surface area contributed by atoms with Gasteiger partial charge in [-0.05, 0) is 40.3 Å². The third kappa shape index (κ3) is 2.57. The van der Waals surface area contributed by atoms with E-state index >= 15 is 0 Å². The molecule has 0 spiro atoms. The molecule has 0 unspecified atom stereocenters. The molecule has 0 fully saturated rings. The Balaban J connectivity index is 3.19. The van der Waals surface area contributed by atoms with Crippen LogP contribution in [0, 0.1) is 3.57 Å². The van der Waals surface area contributed by atoms with Gasteiger partial charge in [0.1, 0.15) is 5.69 Å². The quantitative estimate of drug-likeness (QED) is 0.620. The molecular formula is C7H3ClF2INO. The van der Waals surface area contributed by atoms with E-state index in [0.29, 0.717) is 3.57 Å². The van der Waals surface area contributed by atoms with Crippen molar-refractivity contribution in [2.45, 2.75) is 6.43 Å². The molecule has 0 aliphatic carbocycles. The van der Waals surface area contributed by atoms with Crippen LogP contribution in [0.5, 0.6) is 0 Å². The smallest absolute Gasteiger partial charge is 0.276 e. The van der Waals surface area contributed by atoms with Gasteiger partial charge in [-0.3, -0.25) is 9.78 Å². The summed E-state index contributed by atoms with van der Waals surface area (Å²) in [6.07, 6.45) is -1.50. The molecule has 0 saturated carbocycles. The van der Waals surface area contributed by atoms with E-state index in [0.717, 1.165) is 6.07 Å². The Morgan fingerprint density at radius 1 is 1.62 bits per heavy atom. The number of carbonyl (C=O) groups excluding carboxylic acids is 1. The van der Waals surface area contributed by atoms with Gasteiger partial charge in [-0.2, -0.15) is 0 Å². The highest BCUT2D eigenvalue weighted by atomic mass is 127. The van der Waals surface area contributed by atoms with Crippen molar-refractivity contribution in [3.8, 4) is 0 Å². The van der Waals surface area contributed by atoms with Gasteiger partial charge in [0.15, 0.2) is 0 Å². The van der Waals surface area contributed by atoms with Crippen LogP contribution in [0.15, 0.2) is 12.3 Å². The number of alkyl halides is 2. The number of pyridine rings is 1. The lowest BCUT2D eigenvalue weighted by atomic mass is 10.2. The number of nitrogens with zero attached hydrogens (tertiary/aromatic N) is 1. The topological polar surface area (TPSA) is 30.0 Å². The standard InChI is InChI=1S/C7H3ClF2INO/c8-6(13)3-1-5(7(9)10)12-2-4(3)11/h1-2,7H. The maximum atomic E-state index is 12.1. The molecule has 0 aliphatic heterocycles. The molecule has 2 nitrogen and oxygen atoms in total. The molecule has 1 aromatic rings. The second-order valence-electron chi connectivity index (χ2n) is 2.16. The number of aromatic nitrogens is 1. The minimum absolute atomic E-state index is 0.0626.